The van der Waals surface area contributed by atoms with E-state index in [4.69, 9.17) is 4.74 Å². The quantitative estimate of drug-likeness (QED) is 0.837. The summed E-state index contributed by atoms with van der Waals surface area (Å²) >= 11 is 0. The lowest BCUT2D eigenvalue weighted by atomic mass is 9.53. The minimum atomic E-state index is -0.497. The molecule has 1 heterocycles. The van der Waals surface area contributed by atoms with Crippen LogP contribution in [0.15, 0.2) is 24.3 Å². The number of hydrogen-bond acceptors (Lipinski definition) is 3. The van der Waals surface area contributed by atoms with E-state index in [1.54, 1.807) is 7.11 Å². The molecule has 1 aliphatic heterocycles. The molecule has 4 nitrogen and oxygen atoms in total. The molecule has 134 valence electrons. The van der Waals surface area contributed by atoms with Gasteiger partial charge in [0.15, 0.2) is 0 Å². The van der Waals surface area contributed by atoms with Gasteiger partial charge in [0.1, 0.15) is 17.0 Å². The van der Waals surface area contributed by atoms with Crippen molar-refractivity contribution in [2.24, 2.45) is 23.7 Å². The van der Waals surface area contributed by atoms with E-state index in [1.807, 2.05) is 32.0 Å². The van der Waals surface area contributed by atoms with Crippen LogP contribution in [0.1, 0.15) is 46.0 Å². The first-order chi connectivity index (χ1) is 12.0. The van der Waals surface area contributed by atoms with Crippen molar-refractivity contribution in [1.82, 2.24) is 5.01 Å². The van der Waals surface area contributed by atoms with E-state index in [1.165, 1.54) is 32.1 Å². The molecule has 0 aromatic heterocycles. The summed E-state index contributed by atoms with van der Waals surface area (Å²) in [4.78, 5) is 13.1. The van der Waals surface area contributed by atoms with Gasteiger partial charge in [0.2, 0.25) is 0 Å². The molecule has 4 aliphatic carbocycles. The molecule has 5 fully saturated rings. The number of para-hydroxylation sites is 2. The zero-order valence-electron chi connectivity index (χ0n) is 15.4. The molecule has 1 amide bonds. The molecular formula is C21H28N2O2. The second-order valence-corrected chi connectivity index (χ2v) is 9.11. The SMILES string of the molecule is COc1ccccc1N1N(C2C3CC4CC(C3)CC2C4)C(=O)C1(C)C. The first-order valence-electron chi connectivity index (χ1n) is 9.77. The van der Waals surface area contributed by atoms with Crippen molar-refractivity contribution in [2.75, 3.05) is 12.1 Å². The standard InChI is InChI=1S/C21H28N2O2/c1-21(2)20(24)22(23(21)17-6-4-5-7-18(17)25-3)19-15-9-13-8-14(11-15)12-16(19)10-13/h4-7,13-16,19H,8-12H2,1-3H3. The van der Waals surface area contributed by atoms with Gasteiger partial charge >= 0.3 is 0 Å². The van der Waals surface area contributed by atoms with Crippen LogP contribution in [0.2, 0.25) is 0 Å². The minimum Gasteiger partial charge on any atom is -0.495 e. The Morgan fingerprint density at radius 3 is 2.20 bits per heavy atom. The lowest BCUT2D eigenvalue weighted by molar-refractivity contribution is -0.170. The van der Waals surface area contributed by atoms with Gasteiger partial charge in [-0.2, -0.15) is 0 Å². The summed E-state index contributed by atoms with van der Waals surface area (Å²) in [6, 6.07) is 8.48. The van der Waals surface area contributed by atoms with Crippen LogP contribution < -0.4 is 9.75 Å². The van der Waals surface area contributed by atoms with Gasteiger partial charge in [0, 0.05) is 0 Å². The van der Waals surface area contributed by atoms with Gasteiger partial charge in [-0.15, -0.1) is 0 Å². The van der Waals surface area contributed by atoms with Gasteiger partial charge in [0.05, 0.1) is 13.2 Å². The highest BCUT2D eigenvalue weighted by Gasteiger charge is 2.61. The topological polar surface area (TPSA) is 32.8 Å². The zero-order valence-corrected chi connectivity index (χ0v) is 15.4. The number of methoxy groups -OCH3 is 1. The van der Waals surface area contributed by atoms with Gasteiger partial charge in [-0.1, -0.05) is 12.1 Å². The molecule has 0 radical (unpaired) electrons. The van der Waals surface area contributed by atoms with E-state index in [9.17, 15) is 4.79 Å². The fourth-order valence-corrected chi connectivity index (χ4v) is 6.47. The molecule has 0 N–H and O–H groups in total. The summed E-state index contributed by atoms with van der Waals surface area (Å²) in [6.07, 6.45) is 6.72. The lowest BCUT2D eigenvalue weighted by Crippen LogP contribution is -2.80. The third-order valence-electron chi connectivity index (χ3n) is 7.25. The maximum Gasteiger partial charge on any atom is 0.268 e. The Morgan fingerprint density at radius 1 is 1.00 bits per heavy atom. The molecule has 0 unspecified atom stereocenters. The summed E-state index contributed by atoms with van der Waals surface area (Å²) in [7, 11) is 1.71. The summed E-state index contributed by atoms with van der Waals surface area (Å²) < 4.78 is 5.60. The van der Waals surface area contributed by atoms with E-state index in [0.29, 0.717) is 17.9 Å². The van der Waals surface area contributed by atoms with Gasteiger partial charge in [-0.05, 0) is 81.8 Å². The predicted octanol–water partition coefficient (Wildman–Crippen LogP) is 3.86. The number of amides is 1. The number of ether oxygens (including phenoxy) is 1. The number of carbonyl (C=O) groups excluding carboxylic acids is 1. The Hall–Kier alpha value is -1.71. The van der Waals surface area contributed by atoms with Crippen molar-refractivity contribution in [3.05, 3.63) is 24.3 Å². The minimum absolute atomic E-state index is 0.274. The highest BCUT2D eigenvalue weighted by molar-refractivity contribution is 5.98. The van der Waals surface area contributed by atoms with Crippen LogP contribution in [-0.2, 0) is 4.79 Å². The zero-order chi connectivity index (χ0) is 17.3. The van der Waals surface area contributed by atoms with Crippen molar-refractivity contribution >= 4 is 11.6 Å². The molecule has 4 bridgehead atoms. The molecule has 25 heavy (non-hydrogen) atoms. The Balaban J connectivity index is 1.53. The third-order valence-corrected chi connectivity index (χ3v) is 7.25. The molecule has 6 rings (SSSR count). The van der Waals surface area contributed by atoms with Crippen LogP contribution >= 0.6 is 0 Å². The van der Waals surface area contributed by atoms with Gasteiger partial charge in [0.25, 0.3) is 5.91 Å². The summed E-state index contributed by atoms with van der Waals surface area (Å²) in [5.41, 5.74) is 0.520. The maximum absolute atomic E-state index is 13.1. The number of rotatable bonds is 3. The predicted molar refractivity (Wildman–Crippen MR) is 97.2 cm³/mol. The Bertz CT molecular complexity index is 686. The average molecular weight is 340 g/mol. The number of hydrazine groups is 1. The molecule has 1 aromatic carbocycles. The van der Waals surface area contributed by atoms with Crippen LogP contribution in [0.5, 0.6) is 5.75 Å². The van der Waals surface area contributed by atoms with Gasteiger partial charge in [-0.3, -0.25) is 9.80 Å². The van der Waals surface area contributed by atoms with Gasteiger partial charge < -0.3 is 4.74 Å². The van der Waals surface area contributed by atoms with E-state index >= 15 is 0 Å². The van der Waals surface area contributed by atoms with E-state index in [0.717, 1.165) is 23.3 Å². The van der Waals surface area contributed by atoms with Gasteiger partial charge in [-0.25, -0.2) is 5.01 Å². The fraction of sp³-hybridized carbons (Fsp3) is 0.667. The smallest absolute Gasteiger partial charge is 0.268 e. The highest BCUT2D eigenvalue weighted by Crippen LogP contribution is 2.57. The summed E-state index contributed by atoms with van der Waals surface area (Å²) in [5.74, 6) is 4.33. The molecular weight excluding hydrogens is 312 g/mol. The van der Waals surface area contributed by atoms with E-state index in [2.05, 4.69) is 16.1 Å². The number of hydrogen-bond donors (Lipinski definition) is 0. The summed E-state index contributed by atoms with van der Waals surface area (Å²) in [6.45, 7) is 4.07. The molecule has 5 aliphatic rings. The first-order valence-corrected chi connectivity index (χ1v) is 9.77. The van der Waals surface area contributed by atoms with Crippen molar-refractivity contribution in [3.8, 4) is 5.75 Å². The van der Waals surface area contributed by atoms with Crippen molar-refractivity contribution in [3.63, 3.8) is 0 Å². The van der Waals surface area contributed by atoms with Crippen molar-refractivity contribution in [1.29, 1.82) is 0 Å². The normalized spacial score (nSPS) is 38.0. The molecule has 0 atom stereocenters. The van der Waals surface area contributed by atoms with Crippen LogP contribution in [0.25, 0.3) is 0 Å². The van der Waals surface area contributed by atoms with Crippen molar-refractivity contribution in [2.45, 2.75) is 57.5 Å². The second-order valence-electron chi connectivity index (χ2n) is 9.11. The number of benzene rings is 1. The lowest BCUT2D eigenvalue weighted by Gasteiger charge is -2.65. The Labute approximate surface area is 150 Å². The van der Waals surface area contributed by atoms with Crippen LogP contribution in [-0.4, -0.2) is 29.6 Å². The van der Waals surface area contributed by atoms with E-state index < -0.39 is 5.54 Å². The molecule has 4 heteroatoms. The van der Waals surface area contributed by atoms with Crippen LogP contribution in [0.3, 0.4) is 0 Å². The van der Waals surface area contributed by atoms with E-state index in [-0.39, 0.29) is 5.91 Å². The molecule has 1 aromatic rings. The average Bonchev–Trinajstić information content (AvgIpc) is 2.59. The van der Waals surface area contributed by atoms with Crippen LogP contribution in [0, 0.1) is 23.7 Å². The molecule has 1 saturated heterocycles. The number of anilines is 1. The fourth-order valence-electron chi connectivity index (χ4n) is 6.47. The highest BCUT2D eigenvalue weighted by atomic mass is 16.5. The first kappa shape index (κ1) is 15.5. The Morgan fingerprint density at radius 2 is 1.60 bits per heavy atom. The Kier molecular flexibility index (Phi) is 3.20. The second kappa shape index (κ2) is 5.15. The maximum atomic E-state index is 13.1. The van der Waals surface area contributed by atoms with Crippen LogP contribution in [0.4, 0.5) is 5.69 Å². The number of carbonyl (C=O) groups is 1. The third kappa shape index (κ3) is 2.03. The molecule has 4 saturated carbocycles. The largest absolute Gasteiger partial charge is 0.495 e. The summed E-state index contributed by atoms with van der Waals surface area (Å²) in [5, 5.41) is 4.34. The number of nitrogens with zero attached hydrogens (tertiary/aromatic N) is 2. The van der Waals surface area contributed by atoms with Crippen molar-refractivity contribution < 1.29 is 9.53 Å². The monoisotopic (exact) mass is 340 g/mol. The molecule has 0 spiro atoms.